The van der Waals surface area contributed by atoms with E-state index in [1.165, 1.54) is 7.05 Å². The maximum absolute atomic E-state index is 13.7. The third-order valence-electron chi connectivity index (χ3n) is 3.11. The molecule has 0 amide bonds. The van der Waals surface area contributed by atoms with Gasteiger partial charge in [0.2, 0.25) is 10.0 Å². The summed E-state index contributed by atoms with van der Waals surface area (Å²) >= 11 is 0. The second kappa shape index (κ2) is 6.05. The van der Waals surface area contributed by atoms with Crippen molar-refractivity contribution in [3.63, 3.8) is 0 Å². The third kappa shape index (κ3) is 3.46. The molecule has 1 aromatic rings. The van der Waals surface area contributed by atoms with Crippen molar-refractivity contribution < 1.29 is 17.2 Å². The minimum Gasteiger partial charge on any atom is -0.399 e. The van der Waals surface area contributed by atoms with E-state index in [1.807, 2.05) is 13.8 Å². The predicted octanol–water partition coefficient (Wildman–Crippen LogP) is 2.60. The first kappa shape index (κ1) is 16.8. The van der Waals surface area contributed by atoms with Crippen LogP contribution in [0.15, 0.2) is 17.0 Å². The summed E-state index contributed by atoms with van der Waals surface area (Å²) in [5.41, 5.74) is 5.26. The van der Waals surface area contributed by atoms with E-state index in [0.29, 0.717) is 6.42 Å². The highest BCUT2D eigenvalue weighted by atomic mass is 32.2. The van der Waals surface area contributed by atoms with Crippen molar-refractivity contribution in [3.8, 4) is 0 Å². The van der Waals surface area contributed by atoms with Gasteiger partial charge in [0, 0.05) is 18.8 Å². The van der Waals surface area contributed by atoms with Crippen molar-refractivity contribution in [2.24, 2.45) is 5.92 Å². The van der Waals surface area contributed by atoms with Gasteiger partial charge in [-0.1, -0.05) is 13.8 Å². The van der Waals surface area contributed by atoms with Crippen LogP contribution in [-0.4, -0.2) is 25.8 Å². The number of hydrogen-bond donors (Lipinski definition) is 1. The summed E-state index contributed by atoms with van der Waals surface area (Å²) in [5.74, 6) is -2.39. The summed E-state index contributed by atoms with van der Waals surface area (Å²) in [6, 6.07) is 1.36. The van der Waals surface area contributed by atoms with Crippen LogP contribution in [0.1, 0.15) is 27.2 Å². The van der Waals surface area contributed by atoms with Gasteiger partial charge in [-0.25, -0.2) is 17.2 Å². The number of sulfonamides is 1. The van der Waals surface area contributed by atoms with Crippen LogP contribution in [0.3, 0.4) is 0 Å². The molecule has 0 bridgehead atoms. The zero-order valence-electron chi connectivity index (χ0n) is 12.0. The van der Waals surface area contributed by atoms with E-state index in [4.69, 9.17) is 5.73 Å². The van der Waals surface area contributed by atoms with Crippen molar-refractivity contribution in [2.75, 3.05) is 12.8 Å². The summed E-state index contributed by atoms with van der Waals surface area (Å²) in [5, 5.41) is 0. The maximum atomic E-state index is 13.7. The molecule has 0 saturated carbocycles. The molecular formula is C13H20F2N2O2S. The molecule has 0 aliphatic heterocycles. The van der Waals surface area contributed by atoms with Gasteiger partial charge in [-0.2, -0.15) is 4.31 Å². The molecule has 0 radical (unpaired) electrons. The number of anilines is 1. The molecule has 1 rings (SSSR count). The average molecular weight is 306 g/mol. The highest BCUT2D eigenvalue weighted by Crippen LogP contribution is 2.25. The SMILES string of the molecule is CC(C)CC(C)N(C)S(=O)(=O)c1cc(N)cc(F)c1F. The van der Waals surface area contributed by atoms with Gasteiger partial charge >= 0.3 is 0 Å². The van der Waals surface area contributed by atoms with Crippen LogP contribution in [-0.2, 0) is 10.0 Å². The Bertz CT molecular complexity index is 588. The van der Waals surface area contributed by atoms with Gasteiger partial charge in [0.05, 0.1) is 0 Å². The van der Waals surface area contributed by atoms with Crippen LogP contribution in [0.2, 0.25) is 0 Å². The number of hydrogen-bond acceptors (Lipinski definition) is 3. The monoisotopic (exact) mass is 306 g/mol. The zero-order valence-corrected chi connectivity index (χ0v) is 12.8. The second-order valence-corrected chi connectivity index (χ2v) is 7.28. The number of nitrogens with zero attached hydrogens (tertiary/aromatic N) is 1. The van der Waals surface area contributed by atoms with Crippen molar-refractivity contribution in [1.82, 2.24) is 4.31 Å². The quantitative estimate of drug-likeness (QED) is 0.851. The Morgan fingerprint density at radius 3 is 2.30 bits per heavy atom. The fraction of sp³-hybridized carbons (Fsp3) is 0.538. The maximum Gasteiger partial charge on any atom is 0.246 e. The van der Waals surface area contributed by atoms with Crippen molar-refractivity contribution >= 4 is 15.7 Å². The van der Waals surface area contributed by atoms with Crippen LogP contribution in [0, 0.1) is 17.6 Å². The molecule has 0 heterocycles. The normalized spacial score (nSPS) is 14.0. The van der Waals surface area contributed by atoms with Crippen LogP contribution in [0.5, 0.6) is 0 Å². The lowest BCUT2D eigenvalue weighted by atomic mass is 10.1. The van der Waals surface area contributed by atoms with Gasteiger partial charge in [0.1, 0.15) is 4.90 Å². The molecule has 0 fully saturated rings. The van der Waals surface area contributed by atoms with E-state index < -0.39 is 26.6 Å². The first-order valence-electron chi connectivity index (χ1n) is 6.30. The molecule has 0 aromatic heterocycles. The summed E-state index contributed by atoms with van der Waals surface area (Å²) in [4.78, 5) is -0.729. The molecule has 114 valence electrons. The number of nitrogens with two attached hydrogens (primary N) is 1. The molecule has 1 aromatic carbocycles. The molecule has 20 heavy (non-hydrogen) atoms. The van der Waals surface area contributed by atoms with E-state index in [-0.39, 0.29) is 17.6 Å². The van der Waals surface area contributed by atoms with E-state index in [9.17, 15) is 17.2 Å². The molecular weight excluding hydrogens is 286 g/mol. The summed E-state index contributed by atoms with van der Waals surface area (Å²) < 4.78 is 52.8. The Morgan fingerprint density at radius 1 is 1.25 bits per heavy atom. The lowest BCUT2D eigenvalue weighted by Gasteiger charge is -2.26. The standard InChI is InChI=1S/C13H20F2N2O2S/c1-8(2)5-9(3)17(4)20(18,19)12-7-10(16)6-11(14)13(12)15/h6-9H,5,16H2,1-4H3. The Labute approximate surface area is 118 Å². The number of benzene rings is 1. The molecule has 1 atom stereocenters. The topological polar surface area (TPSA) is 63.4 Å². The Morgan fingerprint density at radius 2 is 1.80 bits per heavy atom. The van der Waals surface area contributed by atoms with E-state index in [0.717, 1.165) is 16.4 Å². The molecule has 0 aliphatic rings. The molecule has 0 spiro atoms. The molecule has 4 nitrogen and oxygen atoms in total. The van der Waals surface area contributed by atoms with Gasteiger partial charge in [-0.05, 0) is 31.4 Å². The average Bonchev–Trinajstić information content (AvgIpc) is 2.31. The molecule has 1 unspecified atom stereocenters. The predicted molar refractivity (Wildman–Crippen MR) is 74.6 cm³/mol. The minimum absolute atomic E-state index is 0.132. The van der Waals surface area contributed by atoms with E-state index >= 15 is 0 Å². The molecule has 2 N–H and O–H groups in total. The van der Waals surface area contributed by atoms with E-state index in [1.54, 1.807) is 6.92 Å². The Hall–Kier alpha value is -1.21. The Kier molecular flexibility index (Phi) is 5.10. The number of nitrogen functional groups attached to an aromatic ring is 1. The van der Waals surface area contributed by atoms with Crippen LogP contribution in [0.25, 0.3) is 0 Å². The minimum atomic E-state index is -4.12. The van der Waals surface area contributed by atoms with Crippen molar-refractivity contribution in [2.45, 2.75) is 38.1 Å². The van der Waals surface area contributed by atoms with Gasteiger partial charge in [-0.15, -0.1) is 0 Å². The molecule has 0 saturated heterocycles. The van der Waals surface area contributed by atoms with Gasteiger partial charge in [0.15, 0.2) is 11.6 Å². The van der Waals surface area contributed by atoms with Crippen LogP contribution < -0.4 is 5.73 Å². The van der Waals surface area contributed by atoms with Crippen LogP contribution >= 0.6 is 0 Å². The smallest absolute Gasteiger partial charge is 0.246 e. The summed E-state index contributed by atoms with van der Waals surface area (Å²) in [6.45, 7) is 5.63. The molecule has 0 aliphatic carbocycles. The first-order valence-corrected chi connectivity index (χ1v) is 7.74. The van der Waals surface area contributed by atoms with E-state index in [2.05, 4.69) is 0 Å². The lowest BCUT2D eigenvalue weighted by Crippen LogP contribution is -2.36. The highest BCUT2D eigenvalue weighted by molar-refractivity contribution is 7.89. The second-order valence-electron chi connectivity index (χ2n) is 5.31. The zero-order chi connectivity index (χ0) is 15.7. The fourth-order valence-corrected chi connectivity index (χ4v) is 3.47. The van der Waals surface area contributed by atoms with Crippen molar-refractivity contribution in [3.05, 3.63) is 23.8 Å². The number of halogens is 2. The summed E-state index contributed by atoms with van der Waals surface area (Å²) in [7, 11) is -2.77. The largest absolute Gasteiger partial charge is 0.399 e. The van der Waals surface area contributed by atoms with Gasteiger partial charge < -0.3 is 5.73 Å². The van der Waals surface area contributed by atoms with Gasteiger partial charge in [-0.3, -0.25) is 0 Å². The van der Waals surface area contributed by atoms with Crippen molar-refractivity contribution in [1.29, 1.82) is 0 Å². The number of rotatable bonds is 5. The Balaban J connectivity index is 3.23. The summed E-state index contributed by atoms with van der Waals surface area (Å²) in [6.07, 6.45) is 0.613. The highest BCUT2D eigenvalue weighted by Gasteiger charge is 2.30. The first-order chi connectivity index (χ1) is 9.07. The third-order valence-corrected chi connectivity index (χ3v) is 5.08. The lowest BCUT2D eigenvalue weighted by molar-refractivity contribution is 0.335. The molecule has 7 heteroatoms. The fourth-order valence-electron chi connectivity index (χ4n) is 1.99. The van der Waals surface area contributed by atoms with Gasteiger partial charge in [0.25, 0.3) is 0 Å². The van der Waals surface area contributed by atoms with Crippen LogP contribution in [0.4, 0.5) is 14.5 Å².